The Morgan fingerprint density at radius 3 is 2.69 bits per heavy atom. The lowest BCUT2D eigenvalue weighted by Crippen LogP contribution is -2.37. The van der Waals surface area contributed by atoms with Gasteiger partial charge in [0.15, 0.2) is 0 Å². The van der Waals surface area contributed by atoms with Gasteiger partial charge in [-0.15, -0.1) is 0 Å². The predicted molar refractivity (Wildman–Crippen MR) is 59.1 cm³/mol. The van der Waals surface area contributed by atoms with Crippen molar-refractivity contribution in [1.29, 1.82) is 0 Å². The number of nitrogens with zero attached hydrogens (tertiary/aromatic N) is 2. The molecule has 6 heteroatoms. The molecule has 90 valence electrons. The fourth-order valence-electron chi connectivity index (χ4n) is 1.10. The van der Waals surface area contributed by atoms with E-state index in [0.29, 0.717) is 12.3 Å². The van der Waals surface area contributed by atoms with Crippen LogP contribution in [0, 0.1) is 0 Å². The summed E-state index contributed by atoms with van der Waals surface area (Å²) in [6.45, 7) is 6.98. The van der Waals surface area contributed by atoms with Crippen LogP contribution in [0.5, 0.6) is 0 Å². The molecule has 0 aliphatic carbocycles. The first-order valence-electron chi connectivity index (χ1n) is 5.22. The van der Waals surface area contributed by atoms with Gasteiger partial charge in [0, 0.05) is 25.6 Å². The van der Waals surface area contributed by atoms with Crippen molar-refractivity contribution in [2.24, 2.45) is 0 Å². The quantitative estimate of drug-likeness (QED) is 0.775. The summed E-state index contributed by atoms with van der Waals surface area (Å²) in [5, 5.41) is 9.31. The zero-order chi connectivity index (χ0) is 12.2. The van der Waals surface area contributed by atoms with E-state index in [-0.39, 0.29) is 17.3 Å². The van der Waals surface area contributed by atoms with E-state index in [1.807, 2.05) is 0 Å². The Balaban J connectivity index is 2.44. The van der Waals surface area contributed by atoms with Crippen molar-refractivity contribution in [2.75, 3.05) is 13.6 Å². The first kappa shape index (κ1) is 12.6. The van der Waals surface area contributed by atoms with Crippen molar-refractivity contribution in [3.63, 3.8) is 0 Å². The average Bonchev–Trinajstić information content (AvgIpc) is 2.63. The zero-order valence-electron chi connectivity index (χ0n) is 10.1. The molecular weight excluding hydrogens is 208 g/mol. The van der Waals surface area contributed by atoms with E-state index in [0.717, 1.165) is 6.54 Å². The molecule has 0 aliphatic rings. The summed E-state index contributed by atoms with van der Waals surface area (Å²) in [6, 6.07) is 0. The van der Waals surface area contributed by atoms with Gasteiger partial charge >= 0.3 is 0 Å². The van der Waals surface area contributed by atoms with Crippen LogP contribution >= 0.6 is 0 Å². The van der Waals surface area contributed by atoms with E-state index in [1.54, 1.807) is 0 Å². The summed E-state index contributed by atoms with van der Waals surface area (Å²) in [7, 11) is 1.53. The molecule has 0 saturated heterocycles. The smallest absolute Gasteiger partial charge is 0.292 e. The van der Waals surface area contributed by atoms with Gasteiger partial charge in [-0.2, -0.15) is 4.98 Å². The second kappa shape index (κ2) is 5.07. The summed E-state index contributed by atoms with van der Waals surface area (Å²) >= 11 is 0. The van der Waals surface area contributed by atoms with E-state index >= 15 is 0 Å². The second-order valence-electron chi connectivity index (χ2n) is 4.52. The van der Waals surface area contributed by atoms with Gasteiger partial charge in [-0.3, -0.25) is 4.79 Å². The van der Waals surface area contributed by atoms with Crippen LogP contribution in [-0.2, 0) is 6.42 Å². The van der Waals surface area contributed by atoms with E-state index in [9.17, 15) is 4.79 Å². The van der Waals surface area contributed by atoms with Crippen molar-refractivity contribution in [3.05, 3.63) is 11.7 Å². The van der Waals surface area contributed by atoms with Crippen LogP contribution in [0.3, 0.4) is 0 Å². The van der Waals surface area contributed by atoms with Crippen molar-refractivity contribution in [3.8, 4) is 0 Å². The molecule has 1 aromatic heterocycles. The fraction of sp³-hybridized carbons (Fsp3) is 0.700. The SMILES string of the molecule is CNC(=O)c1noc(CCNC(C)(C)C)n1. The molecule has 1 heterocycles. The Morgan fingerprint density at radius 1 is 1.44 bits per heavy atom. The summed E-state index contributed by atoms with van der Waals surface area (Å²) in [5.41, 5.74) is 0.0592. The van der Waals surface area contributed by atoms with Gasteiger partial charge in [0.2, 0.25) is 5.89 Å². The molecule has 0 aromatic carbocycles. The standard InChI is InChI=1S/C10H18N4O2/c1-10(2,3)12-6-5-7-13-8(14-16-7)9(15)11-4/h12H,5-6H2,1-4H3,(H,11,15). The average molecular weight is 226 g/mol. The van der Waals surface area contributed by atoms with Crippen LogP contribution in [0.1, 0.15) is 37.3 Å². The highest BCUT2D eigenvalue weighted by atomic mass is 16.5. The summed E-state index contributed by atoms with van der Waals surface area (Å²) in [5.74, 6) is 0.211. The van der Waals surface area contributed by atoms with Crippen LogP contribution in [0.4, 0.5) is 0 Å². The van der Waals surface area contributed by atoms with Gasteiger partial charge < -0.3 is 15.2 Å². The Morgan fingerprint density at radius 2 is 2.12 bits per heavy atom. The van der Waals surface area contributed by atoms with Gasteiger partial charge in [0.05, 0.1) is 0 Å². The molecule has 16 heavy (non-hydrogen) atoms. The van der Waals surface area contributed by atoms with Gasteiger partial charge in [0.1, 0.15) is 0 Å². The van der Waals surface area contributed by atoms with Crippen molar-refractivity contribution >= 4 is 5.91 Å². The number of rotatable bonds is 4. The number of aromatic nitrogens is 2. The maximum absolute atomic E-state index is 11.1. The third kappa shape index (κ3) is 3.98. The Kier molecular flexibility index (Phi) is 4.00. The highest BCUT2D eigenvalue weighted by Gasteiger charge is 2.13. The minimum absolute atomic E-state index is 0.0592. The molecule has 1 aromatic rings. The molecule has 0 spiro atoms. The molecule has 0 bridgehead atoms. The summed E-state index contributed by atoms with van der Waals surface area (Å²) in [4.78, 5) is 15.1. The first-order chi connectivity index (χ1) is 7.42. The number of amides is 1. The fourth-order valence-corrected chi connectivity index (χ4v) is 1.10. The maximum atomic E-state index is 11.1. The zero-order valence-corrected chi connectivity index (χ0v) is 10.1. The van der Waals surface area contributed by atoms with Crippen molar-refractivity contribution in [2.45, 2.75) is 32.7 Å². The van der Waals surface area contributed by atoms with E-state index < -0.39 is 0 Å². The highest BCUT2D eigenvalue weighted by Crippen LogP contribution is 2.01. The molecule has 1 rings (SSSR count). The van der Waals surface area contributed by atoms with Gasteiger partial charge in [0.25, 0.3) is 11.7 Å². The highest BCUT2D eigenvalue weighted by molar-refractivity contribution is 5.89. The van der Waals surface area contributed by atoms with Gasteiger partial charge in [-0.05, 0) is 20.8 Å². The summed E-state index contributed by atoms with van der Waals surface area (Å²) in [6.07, 6.45) is 0.612. The number of hydrogen-bond donors (Lipinski definition) is 2. The van der Waals surface area contributed by atoms with Crippen molar-refractivity contribution < 1.29 is 9.32 Å². The number of hydrogen-bond acceptors (Lipinski definition) is 5. The van der Waals surface area contributed by atoms with Crippen molar-refractivity contribution in [1.82, 2.24) is 20.8 Å². The minimum atomic E-state index is -0.334. The number of carbonyl (C=O) groups excluding carboxylic acids is 1. The maximum Gasteiger partial charge on any atom is 0.292 e. The number of nitrogens with one attached hydrogen (secondary N) is 2. The minimum Gasteiger partial charge on any atom is -0.352 e. The predicted octanol–water partition coefficient (Wildman–Crippen LogP) is 0.360. The normalized spacial score (nSPS) is 11.5. The molecule has 0 radical (unpaired) electrons. The molecule has 0 atom stereocenters. The lowest BCUT2D eigenvalue weighted by Gasteiger charge is -2.19. The third-order valence-electron chi connectivity index (χ3n) is 1.89. The molecule has 0 saturated carbocycles. The molecule has 0 unspecified atom stereocenters. The molecule has 0 aliphatic heterocycles. The molecule has 6 nitrogen and oxygen atoms in total. The molecule has 0 fully saturated rings. The lowest BCUT2D eigenvalue weighted by molar-refractivity contribution is 0.0950. The monoisotopic (exact) mass is 226 g/mol. The van der Waals surface area contributed by atoms with Gasteiger partial charge in [-0.1, -0.05) is 5.16 Å². The van der Waals surface area contributed by atoms with E-state index in [1.165, 1.54) is 7.05 Å². The van der Waals surface area contributed by atoms with E-state index in [4.69, 9.17) is 4.52 Å². The molecular formula is C10H18N4O2. The first-order valence-corrected chi connectivity index (χ1v) is 5.22. The van der Waals surface area contributed by atoms with Gasteiger partial charge in [-0.25, -0.2) is 0 Å². The molecule has 1 amide bonds. The second-order valence-corrected chi connectivity index (χ2v) is 4.52. The van der Waals surface area contributed by atoms with Crippen LogP contribution in [-0.4, -0.2) is 35.2 Å². The van der Waals surface area contributed by atoms with Crippen LogP contribution < -0.4 is 10.6 Å². The Bertz CT molecular complexity index is 354. The van der Waals surface area contributed by atoms with Crippen LogP contribution in [0.15, 0.2) is 4.52 Å². The Hall–Kier alpha value is -1.43. The molecule has 2 N–H and O–H groups in total. The third-order valence-corrected chi connectivity index (χ3v) is 1.89. The Labute approximate surface area is 94.8 Å². The summed E-state index contributed by atoms with van der Waals surface area (Å²) < 4.78 is 4.94. The van der Waals surface area contributed by atoms with Crippen LogP contribution in [0.25, 0.3) is 0 Å². The lowest BCUT2D eigenvalue weighted by atomic mass is 10.1. The largest absolute Gasteiger partial charge is 0.352 e. The number of carbonyl (C=O) groups is 1. The topological polar surface area (TPSA) is 80.0 Å². The van der Waals surface area contributed by atoms with E-state index in [2.05, 4.69) is 41.5 Å². The van der Waals surface area contributed by atoms with Crippen LogP contribution in [0.2, 0.25) is 0 Å².